The summed E-state index contributed by atoms with van der Waals surface area (Å²) in [7, 11) is 1.50. The molecule has 0 aliphatic carbocycles. The molecule has 6 nitrogen and oxygen atoms in total. The average molecular weight is 459 g/mol. The molecule has 166 valence electrons. The van der Waals surface area contributed by atoms with Crippen LogP contribution < -0.4 is 20.1 Å². The number of thiocarbonyl (C=S) groups is 1. The lowest BCUT2D eigenvalue weighted by Crippen LogP contribution is -2.44. The minimum Gasteiger partial charge on any atom is -0.493 e. The van der Waals surface area contributed by atoms with Gasteiger partial charge in [-0.3, -0.25) is 4.79 Å². The normalized spacial score (nSPS) is 15.3. The predicted molar refractivity (Wildman–Crippen MR) is 129 cm³/mol. The Hall–Kier alpha value is -3.97. The molecular formula is C26H22N2O4S. The topological polar surface area (TPSA) is 76.7 Å². The molecule has 1 aliphatic rings. The van der Waals surface area contributed by atoms with Crippen LogP contribution in [0.1, 0.15) is 39.2 Å². The van der Waals surface area contributed by atoms with Crippen molar-refractivity contribution < 1.29 is 19.1 Å². The molecule has 0 amide bonds. The number of esters is 1. The van der Waals surface area contributed by atoms with Crippen LogP contribution in [0.15, 0.2) is 90.1 Å². The summed E-state index contributed by atoms with van der Waals surface area (Å²) in [6.07, 6.45) is 0. The Morgan fingerprint density at radius 1 is 0.879 bits per heavy atom. The van der Waals surface area contributed by atoms with Crippen LogP contribution in [0.3, 0.4) is 0 Å². The number of carbonyl (C=O) groups is 2. The van der Waals surface area contributed by atoms with Crippen LogP contribution in [-0.4, -0.2) is 24.0 Å². The first-order chi connectivity index (χ1) is 16.0. The van der Waals surface area contributed by atoms with Crippen molar-refractivity contribution in [3.8, 4) is 11.5 Å². The number of Topliss-reactive ketones (excluding diaryl/α,β-unsaturated/α-hetero) is 1. The zero-order valence-corrected chi connectivity index (χ0v) is 18.9. The van der Waals surface area contributed by atoms with E-state index in [0.717, 1.165) is 5.56 Å². The van der Waals surface area contributed by atoms with Crippen LogP contribution in [-0.2, 0) is 0 Å². The quantitative estimate of drug-likeness (QED) is 0.242. The van der Waals surface area contributed by atoms with Gasteiger partial charge in [-0.15, -0.1) is 0 Å². The van der Waals surface area contributed by atoms with Crippen molar-refractivity contribution in [1.29, 1.82) is 0 Å². The molecule has 0 radical (unpaired) electrons. The summed E-state index contributed by atoms with van der Waals surface area (Å²) >= 11 is 5.35. The number of rotatable bonds is 6. The van der Waals surface area contributed by atoms with Gasteiger partial charge in [0.05, 0.1) is 18.7 Å². The van der Waals surface area contributed by atoms with E-state index in [1.807, 2.05) is 31.2 Å². The van der Waals surface area contributed by atoms with Gasteiger partial charge in [0.1, 0.15) is 0 Å². The summed E-state index contributed by atoms with van der Waals surface area (Å²) in [6.45, 7) is 1.82. The lowest BCUT2D eigenvalue weighted by atomic mass is 9.89. The molecule has 0 aromatic heterocycles. The molecule has 3 aromatic rings. The van der Waals surface area contributed by atoms with Crippen molar-refractivity contribution in [2.24, 2.45) is 0 Å². The standard InChI is InChI=1S/C26H22N2O4S/c1-16-22(24(29)17-9-5-3-6-10-17)23(28-26(33)27-16)19-13-14-20(21(15-19)31-2)32-25(30)18-11-7-4-8-12-18/h3-15,23H,1-2H3,(H2,27,28,33). The number of nitrogens with one attached hydrogen (secondary N) is 2. The van der Waals surface area contributed by atoms with Gasteiger partial charge in [0.25, 0.3) is 0 Å². The zero-order chi connectivity index (χ0) is 23.4. The third-order valence-electron chi connectivity index (χ3n) is 5.28. The molecule has 0 fully saturated rings. The summed E-state index contributed by atoms with van der Waals surface area (Å²) in [5.74, 6) is 0.0492. The second kappa shape index (κ2) is 9.67. The van der Waals surface area contributed by atoms with Crippen molar-refractivity contribution >= 4 is 29.1 Å². The van der Waals surface area contributed by atoms with Gasteiger partial charge >= 0.3 is 5.97 Å². The fraction of sp³-hybridized carbons (Fsp3) is 0.115. The summed E-state index contributed by atoms with van der Waals surface area (Å²) in [4.78, 5) is 25.8. The number of hydrogen-bond donors (Lipinski definition) is 2. The Balaban J connectivity index is 1.68. The summed E-state index contributed by atoms with van der Waals surface area (Å²) in [6, 6.07) is 22.5. The highest BCUT2D eigenvalue weighted by Gasteiger charge is 2.31. The van der Waals surface area contributed by atoms with Gasteiger partial charge in [-0.2, -0.15) is 0 Å². The Morgan fingerprint density at radius 3 is 2.15 bits per heavy atom. The molecule has 4 rings (SSSR count). The lowest BCUT2D eigenvalue weighted by Gasteiger charge is -2.30. The Morgan fingerprint density at radius 2 is 1.52 bits per heavy atom. The first-order valence-electron chi connectivity index (χ1n) is 10.3. The Bertz CT molecular complexity index is 1240. The number of allylic oxidation sites excluding steroid dienone is 1. The number of hydrogen-bond acceptors (Lipinski definition) is 5. The smallest absolute Gasteiger partial charge is 0.343 e. The van der Waals surface area contributed by atoms with Gasteiger partial charge in [-0.1, -0.05) is 54.6 Å². The van der Waals surface area contributed by atoms with Gasteiger partial charge in [0.2, 0.25) is 0 Å². The van der Waals surface area contributed by atoms with Crippen LogP contribution in [0.25, 0.3) is 0 Å². The maximum atomic E-state index is 13.3. The first kappa shape index (κ1) is 22.2. The molecule has 33 heavy (non-hydrogen) atoms. The second-order valence-electron chi connectivity index (χ2n) is 7.43. The third kappa shape index (κ3) is 4.78. The van der Waals surface area contributed by atoms with Crippen LogP contribution in [0.2, 0.25) is 0 Å². The van der Waals surface area contributed by atoms with Crippen LogP contribution in [0.5, 0.6) is 11.5 Å². The van der Waals surface area contributed by atoms with E-state index in [4.69, 9.17) is 21.7 Å². The molecule has 3 aromatic carbocycles. The van der Waals surface area contributed by atoms with E-state index in [1.54, 1.807) is 54.6 Å². The molecular weight excluding hydrogens is 436 g/mol. The van der Waals surface area contributed by atoms with Crippen LogP contribution in [0, 0.1) is 0 Å². The fourth-order valence-electron chi connectivity index (χ4n) is 3.67. The molecule has 1 aliphatic heterocycles. The van der Waals surface area contributed by atoms with Crippen molar-refractivity contribution in [3.05, 3.63) is 107 Å². The monoisotopic (exact) mass is 458 g/mol. The maximum absolute atomic E-state index is 13.3. The van der Waals surface area contributed by atoms with Gasteiger partial charge in [-0.25, -0.2) is 4.79 Å². The van der Waals surface area contributed by atoms with E-state index in [0.29, 0.717) is 33.3 Å². The molecule has 0 saturated heterocycles. The minimum atomic E-state index is -0.501. The molecule has 0 saturated carbocycles. The largest absolute Gasteiger partial charge is 0.493 e. The number of ether oxygens (including phenoxy) is 2. The summed E-state index contributed by atoms with van der Waals surface area (Å²) in [5.41, 5.74) is 2.98. The van der Waals surface area contributed by atoms with E-state index in [1.165, 1.54) is 7.11 Å². The lowest BCUT2D eigenvalue weighted by molar-refractivity contribution is 0.0729. The highest BCUT2D eigenvalue weighted by molar-refractivity contribution is 7.80. The number of methoxy groups -OCH3 is 1. The third-order valence-corrected chi connectivity index (χ3v) is 5.50. The second-order valence-corrected chi connectivity index (χ2v) is 7.84. The van der Waals surface area contributed by atoms with E-state index in [-0.39, 0.29) is 11.5 Å². The van der Waals surface area contributed by atoms with E-state index >= 15 is 0 Å². The summed E-state index contributed by atoms with van der Waals surface area (Å²) < 4.78 is 11.0. The fourth-order valence-corrected chi connectivity index (χ4v) is 3.94. The molecule has 0 bridgehead atoms. The minimum absolute atomic E-state index is 0.112. The molecule has 0 spiro atoms. The summed E-state index contributed by atoms with van der Waals surface area (Å²) in [5, 5.41) is 6.64. The SMILES string of the molecule is COc1cc(C2NC(=S)NC(C)=C2C(=O)c2ccccc2)ccc1OC(=O)c1ccccc1. The average Bonchev–Trinajstić information content (AvgIpc) is 2.84. The van der Waals surface area contributed by atoms with Gasteiger partial charge < -0.3 is 20.1 Å². The molecule has 1 unspecified atom stereocenters. The predicted octanol–water partition coefficient (Wildman–Crippen LogP) is 4.59. The molecule has 1 atom stereocenters. The van der Waals surface area contributed by atoms with Gasteiger partial charge in [0, 0.05) is 16.8 Å². The number of benzene rings is 3. The molecule has 2 N–H and O–H groups in total. The highest BCUT2D eigenvalue weighted by Crippen LogP contribution is 2.35. The zero-order valence-electron chi connectivity index (χ0n) is 18.1. The van der Waals surface area contributed by atoms with E-state index in [9.17, 15) is 9.59 Å². The van der Waals surface area contributed by atoms with Crippen molar-refractivity contribution in [2.45, 2.75) is 13.0 Å². The maximum Gasteiger partial charge on any atom is 0.343 e. The van der Waals surface area contributed by atoms with E-state index in [2.05, 4.69) is 10.6 Å². The van der Waals surface area contributed by atoms with Gasteiger partial charge in [0.15, 0.2) is 22.4 Å². The van der Waals surface area contributed by atoms with Crippen LogP contribution in [0.4, 0.5) is 0 Å². The first-order valence-corrected chi connectivity index (χ1v) is 10.7. The Labute approximate surface area is 197 Å². The van der Waals surface area contributed by atoms with Crippen molar-refractivity contribution in [2.75, 3.05) is 7.11 Å². The van der Waals surface area contributed by atoms with E-state index < -0.39 is 12.0 Å². The molecule has 1 heterocycles. The number of ketones is 1. The van der Waals surface area contributed by atoms with Gasteiger partial charge in [-0.05, 0) is 49.0 Å². The number of carbonyl (C=O) groups excluding carboxylic acids is 2. The highest BCUT2D eigenvalue weighted by atomic mass is 32.1. The molecule has 7 heteroatoms. The van der Waals surface area contributed by atoms with Crippen molar-refractivity contribution in [1.82, 2.24) is 10.6 Å². The van der Waals surface area contributed by atoms with Crippen molar-refractivity contribution in [3.63, 3.8) is 0 Å². The van der Waals surface area contributed by atoms with Crippen LogP contribution >= 0.6 is 12.2 Å². The Kier molecular flexibility index (Phi) is 6.51.